The monoisotopic (exact) mass is 360 g/mol. The third kappa shape index (κ3) is 3.02. The number of hydrogen-bond donors (Lipinski definition) is 0. The van der Waals surface area contributed by atoms with Gasteiger partial charge >= 0.3 is 6.09 Å². The summed E-state index contributed by atoms with van der Waals surface area (Å²) < 4.78 is 11.1. The highest BCUT2D eigenvalue weighted by Gasteiger charge is 2.47. The Kier molecular flexibility index (Phi) is 4.30. The predicted molar refractivity (Wildman–Crippen MR) is 92.7 cm³/mol. The van der Waals surface area contributed by atoms with Crippen molar-refractivity contribution in [2.24, 2.45) is 0 Å². The average Bonchev–Trinajstić information content (AvgIpc) is 3.20. The van der Waals surface area contributed by atoms with Gasteiger partial charge in [0.05, 0.1) is 31.5 Å². The normalized spacial score (nSPS) is 25.0. The van der Waals surface area contributed by atoms with E-state index in [2.05, 4.69) is 9.97 Å². The summed E-state index contributed by atoms with van der Waals surface area (Å²) in [5.41, 5.74) is 0.313. The third-order valence-corrected chi connectivity index (χ3v) is 5.49. The van der Waals surface area contributed by atoms with E-state index in [-0.39, 0.29) is 18.0 Å². The molecular weight excluding hydrogens is 336 g/mol. The van der Waals surface area contributed by atoms with Gasteiger partial charge in [-0.1, -0.05) is 0 Å². The van der Waals surface area contributed by atoms with Crippen LogP contribution in [-0.4, -0.2) is 58.8 Å². The standard InChI is InChI=1S/C18H24N4O4/c1-12-19-14(15-4-3-7-21(15)13(2)23)10-16(20-12)22-11-18(26-17(22)24)5-8-25-9-6-18/h10,15H,3-9,11H2,1-2H3/t15-/m0/s1. The number of aryl methyl sites for hydroxylation is 1. The summed E-state index contributed by atoms with van der Waals surface area (Å²) in [7, 11) is 0. The van der Waals surface area contributed by atoms with Crippen LogP contribution in [0.5, 0.6) is 0 Å². The van der Waals surface area contributed by atoms with Crippen LogP contribution in [0, 0.1) is 6.92 Å². The lowest BCUT2D eigenvalue weighted by Gasteiger charge is -2.30. The lowest BCUT2D eigenvalue weighted by molar-refractivity contribution is -0.129. The van der Waals surface area contributed by atoms with Gasteiger partial charge in [0.2, 0.25) is 5.91 Å². The van der Waals surface area contributed by atoms with Crippen molar-refractivity contribution < 1.29 is 19.1 Å². The van der Waals surface area contributed by atoms with E-state index in [1.54, 1.807) is 11.8 Å². The first-order valence-corrected chi connectivity index (χ1v) is 9.18. The number of amides is 2. The lowest BCUT2D eigenvalue weighted by Crippen LogP contribution is -2.40. The Balaban J connectivity index is 1.62. The van der Waals surface area contributed by atoms with Crippen molar-refractivity contribution in [3.05, 3.63) is 17.6 Å². The third-order valence-electron chi connectivity index (χ3n) is 5.49. The molecule has 1 aromatic heterocycles. The van der Waals surface area contributed by atoms with Crippen molar-refractivity contribution in [3.63, 3.8) is 0 Å². The van der Waals surface area contributed by atoms with Gasteiger partial charge in [-0.25, -0.2) is 14.8 Å². The smallest absolute Gasteiger partial charge is 0.416 e. The Morgan fingerprint density at radius 1 is 1.31 bits per heavy atom. The van der Waals surface area contributed by atoms with Crippen LogP contribution in [-0.2, 0) is 14.3 Å². The number of aromatic nitrogens is 2. The van der Waals surface area contributed by atoms with E-state index in [0.717, 1.165) is 25.1 Å². The van der Waals surface area contributed by atoms with Crippen LogP contribution in [0.4, 0.5) is 10.6 Å². The van der Waals surface area contributed by atoms with E-state index in [0.29, 0.717) is 44.2 Å². The van der Waals surface area contributed by atoms with Crippen LogP contribution in [0.1, 0.15) is 50.2 Å². The number of carbonyl (C=O) groups is 2. The van der Waals surface area contributed by atoms with Crippen LogP contribution < -0.4 is 4.90 Å². The second kappa shape index (κ2) is 6.50. The first-order chi connectivity index (χ1) is 12.5. The molecule has 8 nitrogen and oxygen atoms in total. The molecule has 1 atom stereocenters. The number of hydrogen-bond acceptors (Lipinski definition) is 6. The zero-order valence-electron chi connectivity index (χ0n) is 15.2. The Labute approximate surface area is 152 Å². The highest BCUT2D eigenvalue weighted by molar-refractivity contribution is 5.89. The Morgan fingerprint density at radius 3 is 2.81 bits per heavy atom. The van der Waals surface area contributed by atoms with Crippen LogP contribution in [0.15, 0.2) is 6.07 Å². The number of rotatable bonds is 2. The number of nitrogens with zero attached hydrogens (tertiary/aromatic N) is 4. The molecule has 3 aliphatic rings. The van der Waals surface area contributed by atoms with Crippen LogP contribution in [0.25, 0.3) is 0 Å². The summed E-state index contributed by atoms with van der Waals surface area (Å²) in [4.78, 5) is 36.8. The summed E-state index contributed by atoms with van der Waals surface area (Å²) in [6.45, 7) is 5.82. The van der Waals surface area contributed by atoms with Gasteiger partial charge in [0, 0.05) is 32.4 Å². The average molecular weight is 360 g/mol. The molecule has 0 radical (unpaired) electrons. The number of ether oxygens (including phenoxy) is 2. The fourth-order valence-corrected chi connectivity index (χ4v) is 4.14. The molecule has 8 heteroatoms. The van der Waals surface area contributed by atoms with E-state index in [1.807, 2.05) is 17.9 Å². The van der Waals surface area contributed by atoms with Gasteiger partial charge in [0.25, 0.3) is 0 Å². The number of likely N-dealkylation sites (tertiary alicyclic amines) is 1. The lowest BCUT2D eigenvalue weighted by atomic mass is 9.94. The van der Waals surface area contributed by atoms with Crippen molar-refractivity contribution in [3.8, 4) is 0 Å². The molecule has 1 aromatic rings. The molecule has 0 N–H and O–H groups in total. The first-order valence-electron chi connectivity index (χ1n) is 9.18. The van der Waals surface area contributed by atoms with Gasteiger partial charge in [0.1, 0.15) is 17.2 Å². The molecule has 3 aliphatic heterocycles. The maximum Gasteiger partial charge on any atom is 0.416 e. The van der Waals surface area contributed by atoms with E-state index in [4.69, 9.17) is 9.47 Å². The van der Waals surface area contributed by atoms with Crippen molar-refractivity contribution in [1.82, 2.24) is 14.9 Å². The van der Waals surface area contributed by atoms with Crippen molar-refractivity contribution in [2.75, 3.05) is 31.2 Å². The number of anilines is 1. The Bertz CT molecular complexity index is 732. The van der Waals surface area contributed by atoms with E-state index < -0.39 is 5.60 Å². The summed E-state index contributed by atoms with van der Waals surface area (Å²) in [6, 6.07) is 1.78. The minimum absolute atomic E-state index is 0.0482. The van der Waals surface area contributed by atoms with Gasteiger partial charge in [-0.05, 0) is 19.8 Å². The topological polar surface area (TPSA) is 84.9 Å². The summed E-state index contributed by atoms with van der Waals surface area (Å²) in [6.07, 6.45) is 2.86. The zero-order valence-corrected chi connectivity index (χ0v) is 15.2. The molecule has 4 rings (SSSR count). The molecule has 4 heterocycles. The molecule has 0 unspecified atom stereocenters. The second-order valence-electron chi connectivity index (χ2n) is 7.32. The molecule has 0 saturated carbocycles. The molecule has 26 heavy (non-hydrogen) atoms. The highest BCUT2D eigenvalue weighted by Crippen LogP contribution is 2.36. The molecule has 2 amide bonds. The first kappa shape index (κ1) is 17.2. The van der Waals surface area contributed by atoms with Crippen LogP contribution in [0.2, 0.25) is 0 Å². The maximum absolute atomic E-state index is 12.5. The largest absolute Gasteiger partial charge is 0.440 e. The van der Waals surface area contributed by atoms with E-state index in [1.165, 1.54) is 0 Å². The molecule has 3 saturated heterocycles. The van der Waals surface area contributed by atoms with Crippen molar-refractivity contribution in [2.45, 2.75) is 51.2 Å². The summed E-state index contributed by atoms with van der Waals surface area (Å²) in [5, 5.41) is 0. The fraction of sp³-hybridized carbons (Fsp3) is 0.667. The molecule has 0 bridgehead atoms. The van der Waals surface area contributed by atoms with Crippen molar-refractivity contribution >= 4 is 17.8 Å². The van der Waals surface area contributed by atoms with E-state index in [9.17, 15) is 9.59 Å². The minimum atomic E-state index is -0.479. The molecular formula is C18H24N4O4. The highest BCUT2D eigenvalue weighted by atomic mass is 16.6. The van der Waals surface area contributed by atoms with Gasteiger partial charge < -0.3 is 14.4 Å². The second-order valence-corrected chi connectivity index (χ2v) is 7.32. The molecule has 3 fully saturated rings. The van der Waals surface area contributed by atoms with Gasteiger partial charge in [-0.2, -0.15) is 0 Å². The van der Waals surface area contributed by atoms with Crippen molar-refractivity contribution in [1.29, 1.82) is 0 Å². The number of carbonyl (C=O) groups excluding carboxylic acids is 2. The minimum Gasteiger partial charge on any atom is -0.440 e. The van der Waals surface area contributed by atoms with Crippen LogP contribution in [0.3, 0.4) is 0 Å². The predicted octanol–water partition coefficient (Wildman–Crippen LogP) is 1.97. The molecule has 140 valence electrons. The quantitative estimate of drug-likeness (QED) is 0.802. The Hall–Kier alpha value is -2.22. The van der Waals surface area contributed by atoms with Gasteiger partial charge in [-0.3, -0.25) is 9.69 Å². The maximum atomic E-state index is 12.5. The van der Waals surface area contributed by atoms with Gasteiger partial charge in [-0.15, -0.1) is 0 Å². The molecule has 1 spiro atoms. The molecule has 0 aliphatic carbocycles. The SMILES string of the molecule is CC(=O)N1CCC[C@H]1c1cc(N2CC3(CCOCC3)OC2=O)nc(C)n1. The zero-order chi connectivity index (χ0) is 18.3. The Morgan fingerprint density at radius 2 is 2.08 bits per heavy atom. The van der Waals surface area contributed by atoms with E-state index >= 15 is 0 Å². The summed E-state index contributed by atoms with van der Waals surface area (Å²) in [5.74, 6) is 1.19. The van der Waals surface area contributed by atoms with Crippen LogP contribution >= 0.6 is 0 Å². The molecule has 0 aromatic carbocycles. The fourth-order valence-electron chi connectivity index (χ4n) is 4.14. The summed E-state index contributed by atoms with van der Waals surface area (Å²) >= 11 is 0. The van der Waals surface area contributed by atoms with Gasteiger partial charge in [0.15, 0.2) is 0 Å².